The smallest absolute Gasteiger partial charge is 0.252 e. The first-order chi connectivity index (χ1) is 9.08. The summed E-state index contributed by atoms with van der Waals surface area (Å²) in [4.78, 5) is 11.9. The van der Waals surface area contributed by atoms with Crippen LogP contribution in [0.4, 0.5) is 0 Å². The van der Waals surface area contributed by atoms with E-state index in [4.69, 9.17) is 27.6 Å². The normalized spacial score (nSPS) is 12.2. The van der Waals surface area contributed by atoms with Gasteiger partial charge in [-0.3, -0.25) is 4.79 Å². The zero-order valence-electron chi connectivity index (χ0n) is 9.77. The maximum Gasteiger partial charge on any atom is 0.252 e. The van der Waals surface area contributed by atoms with Gasteiger partial charge in [0.05, 0.1) is 23.4 Å². The Morgan fingerprint density at radius 2 is 2.16 bits per heavy atom. The zero-order chi connectivity index (χ0) is 13.8. The number of carbonyl (C=O) groups is 1. The van der Waals surface area contributed by atoms with Crippen LogP contribution in [-0.4, -0.2) is 17.6 Å². The van der Waals surface area contributed by atoms with E-state index in [1.165, 1.54) is 12.3 Å². The highest BCUT2D eigenvalue weighted by molar-refractivity contribution is 6.35. The highest BCUT2D eigenvalue weighted by Crippen LogP contribution is 2.20. The Labute approximate surface area is 119 Å². The van der Waals surface area contributed by atoms with Crippen molar-refractivity contribution in [2.75, 3.05) is 6.54 Å². The summed E-state index contributed by atoms with van der Waals surface area (Å²) < 4.78 is 5.03. The van der Waals surface area contributed by atoms with E-state index in [0.717, 1.165) is 0 Å². The van der Waals surface area contributed by atoms with Crippen LogP contribution in [0.5, 0.6) is 0 Å². The average Bonchev–Trinajstić information content (AvgIpc) is 2.92. The molecule has 0 fully saturated rings. The second-order valence-electron chi connectivity index (χ2n) is 3.87. The molecule has 0 aliphatic carbocycles. The molecule has 2 rings (SSSR count). The molecule has 0 radical (unpaired) electrons. The lowest BCUT2D eigenvalue weighted by Crippen LogP contribution is -2.28. The number of furan rings is 1. The molecule has 0 spiro atoms. The van der Waals surface area contributed by atoms with Gasteiger partial charge in [-0.1, -0.05) is 23.2 Å². The maximum absolute atomic E-state index is 11.9. The summed E-state index contributed by atoms with van der Waals surface area (Å²) in [5.74, 6) is -0.0180. The number of aliphatic hydroxyl groups is 1. The summed E-state index contributed by atoms with van der Waals surface area (Å²) in [6.07, 6.45) is 0.547. The van der Waals surface area contributed by atoms with Crippen LogP contribution in [0.25, 0.3) is 0 Å². The minimum absolute atomic E-state index is 0.0230. The van der Waals surface area contributed by atoms with Crippen molar-refractivity contribution in [2.24, 2.45) is 0 Å². The van der Waals surface area contributed by atoms with Gasteiger partial charge in [0, 0.05) is 5.02 Å². The van der Waals surface area contributed by atoms with Crippen molar-refractivity contribution in [3.05, 3.63) is 58.0 Å². The minimum Gasteiger partial charge on any atom is -0.467 e. The molecule has 1 amide bonds. The molecular weight excluding hydrogens is 289 g/mol. The van der Waals surface area contributed by atoms with Gasteiger partial charge in [-0.05, 0) is 30.3 Å². The average molecular weight is 300 g/mol. The SMILES string of the molecule is O=C(NCC(O)c1ccco1)c1cc(Cl)ccc1Cl. The standard InChI is InChI=1S/C13H11Cl2NO3/c14-8-3-4-10(15)9(6-8)13(18)16-7-11(17)12-2-1-5-19-12/h1-6,11,17H,7H2,(H,16,18). The Bertz CT molecular complexity index is 569. The first-order valence-corrected chi connectivity index (χ1v) is 6.28. The number of rotatable bonds is 4. The lowest BCUT2D eigenvalue weighted by molar-refractivity contribution is 0.0901. The monoisotopic (exact) mass is 299 g/mol. The van der Waals surface area contributed by atoms with Crippen molar-refractivity contribution in [1.82, 2.24) is 5.32 Å². The third-order valence-electron chi connectivity index (χ3n) is 2.50. The van der Waals surface area contributed by atoms with E-state index in [0.29, 0.717) is 15.8 Å². The molecule has 100 valence electrons. The number of benzene rings is 1. The van der Waals surface area contributed by atoms with Crippen molar-refractivity contribution in [3.63, 3.8) is 0 Å². The molecule has 0 aliphatic rings. The van der Waals surface area contributed by atoms with Gasteiger partial charge in [-0.25, -0.2) is 0 Å². The van der Waals surface area contributed by atoms with Crippen LogP contribution in [-0.2, 0) is 0 Å². The van der Waals surface area contributed by atoms with Gasteiger partial charge < -0.3 is 14.8 Å². The summed E-state index contributed by atoms with van der Waals surface area (Å²) in [6, 6.07) is 7.90. The van der Waals surface area contributed by atoms with Gasteiger partial charge in [0.1, 0.15) is 11.9 Å². The van der Waals surface area contributed by atoms with Crippen LogP contribution < -0.4 is 5.32 Å². The highest BCUT2D eigenvalue weighted by atomic mass is 35.5. The lowest BCUT2D eigenvalue weighted by Gasteiger charge is -2.10. The predicted octanol–water partition coefficient (Wildman–Crippen LogP) is 3.05. The predicted molar refractivity (Wildman–Crippen MR) is 72.5 cm³/mol. The topological polar surface area (TPSA) is 62.5 Å². The molecule has 0 saturated carbocycles. The molecule has 1 heterocycles. The zero-order valence-corrected chi connectivity index (χ0v) is 11.3. The van der Waals surface area contributed by atoms with Crippen molar-refractivity contribution in [1.29, 1.82) is 0 Å². The fourth-order valence-electron chi connectivity index (χ4n) is 1.54. The van der Waals surface area contributed by atoms with Gasteiger partial charge in [-0.2, -0.15) is 0 Å². The van der Waals surface area contributed by atoms with Crippen LogP contribution >= 0.6 is 23.2 Å². The fraction of sp³-hybridized carbons (Fsp3) is 0.154. The molecule has 1 aromatic carbocycles. The quantitative estimate of drug-likeness (QED) is 0.912. The third-order valence-corrected chi connectivity index (χ3v) is 3.07. The molecular formula is C13H11Cl2NO3. The van der Waals surface area contributed by atoms with E-state index in [2.05, 4.69) is 5.32 Å². The number of aliphatic hydroxyl groups excluding tert-OH is 1. The van der Waals surface area contributed by atoms with Crippen molar-refractivity contribution >= 4 is 29.1 Å². The molecule has 4 nitrogen and oxygen atoms in total. The Hall–Kier alpha value is -1.49. The maximum atomic E-state index is 11.9. The molecule has 2 aromatic rings. The molecule has 19 heavy (non-hydrogen) atoms. The third kappa shape index (κ3) is 3.50. The number of hydrogen-bond donors (Lipinski definition) is 2. The van der Waals surface area contributed by atoms with Crippen molar-refractivity contribution < 1.29 is 14.3 Å². The van der Waals surface area contributed by atoms with Crippen molar-refractivity contribution in [2.45, 2.75) is 6.10 Å². The minimum atomic E-state index is -0.906. The molecule has 2 N–H and O–H groups in total. The van der Waals surface area contributed by atoms with Gasteiger partial charge in [-0.15, -0.1) is 0 Å². The molecule has 1 unspecified atom stereocenters. The van der Waals surface area contributed by atoms with E-state index in [9.17, 15) is 9.90 Å². The second kappa shape index (κ2) is 6.10. The number of hydrogen-bond acceptors (Lipinski definition) is 3. The number of amides is 1. The summed E-state index contributed by atoms with van der Waals surface area (Å²) in [5.41, 5.74) is 0.265. The summed E-state index contributed by atoms with van der Waals surface area (Å²) in [5, 5.41) is 13.0. The van der Waals surface area contributed by atoms with E-state index in [1.807, 2.05) is 0 Å². The number of nitrogens with one attached hydrogen (secondary N) is 1. The summed E-state index contributed by atoms with van der Waals surface area (Å²) in [7, 11) is 0. The Morgan fingerprint density at radius 3 is 2.84 bits per heavy atom. The molecule has 6 heteroatoms. The van der Waals surface area contributed by atoms with Crippen LogP contribution in [0.15, 0.2) is 41.0 Å². The fourth-order valence-corrected chi connectivity index (χ4v) is 1.91. The summed E-state index contributed by atoms with van der Waals surface area (Å²) in [6.45, 7) is 0.0230. The van der Waals surface area contributed by atoms with Crippen LogP contribution in [0.3, 0.4) is 0 Å². The highest BCUT2D eigenvalue weighted by Gasteiger charge is 2.15. The number of halogens is 2. The Morgan fingerprint density at radius 1 is 1.37 bits per heavy atom. The largest absolute Gasteiger partial charge is 0.467 e. The van der Waals surface area contributed by atoms with Gasteiger partial charge >= 0.3 is 0 Å². The van der Waals surface area contributed by atoms with Gasteiger partial charge in [0.2, 0.25) is 0 Å². The molecule has 1 atom stereocenters. The molecule has 0 aliphatic heterocycles. The molecule has 1 aromatic heterocycles. The van der Waals surface area contributed by atoms with Gasteiger partial charge in [0.25, 0.3) is 5.91 Å². The summed E-state index contributed by atoms with van der Waals surface area (Å²) >= 11 is 11.7. The van der Waals surface area contributed by atoms with Gasteiger partial charge in [0.15, 0.2) is 0 Å². The molecule has 0 bridgehead atoms. The van der Waals surface area contributed by atoms with Crippen LogP contribution in [0.2, 0.25) is 10.0 Å². The van der Waals surface area contributed by atoms with E-state index >= 15 is 0 Å². The van der Waals surface area contributed by atoms with E-state index < -0.39 is 12.0 Å². The first-order valence-electron chi connectivity index (χ1n) is 5.52. The lowest BCUT2D eigenvalue weighted by atomic mass is 10.2. The van der Waals surface area contributed by atoms with Crippen LogP contribution in [0, 0.1) is 0 Å². The first kappa shape index (κ1) is 13.9. The number of carbonyl (C=O) groups excluding carboxylic acids is 1. The Balaban J connectivity index is 2.00. The van der Waals surface area contributed by atoms with E-state index in [-0.39, 0.29) is 12.1 Å². The molecule has 0 saturated heterocycles. The van der Waals surface area contributed by atoms with Crippen LogP contribution in [0.1, 0.15) is 22.2 Å². The van der Waals surface area contributed by atoms with Crippen molar-refractivity contribution in [3.8, 4) is 0 Å². The second-order valence-corrected chi connectivity index (χ2v) is 4.71. The Kier molecular flexibility index (Phi) is 4.47. The van der Waals surface area contributed by atoms with E-state index in [1.54, 1.807) is 24.3 Å².